The van der Waals surface area contributed by atoms with Gasteiger partial charge in [-0.05, 0) is 248 Å². The van der Waals surface area contributed by atoms with Crippen molar-refractivity contribution in [2.45, 2.75) is 0 Å². The van der Waals surface area contributed by atoms with Crippen molar-refractivity contribution in [2.24, 2.45) is 0 Å². The Hall–Kier alpha value is -15.7. The van der Waals surface area contributed by atoms with Crippen LogP contribution < -0.4 is 0 Å². The molecular formula is C116H72O3. The fourth-order valence-corrected chi connectivity index (χ4v) is 18.9. The normalized spacial score (nSPS) is 11.7. The van der Waals surface area contributed by atoms with Gasteiger partial charge in [0.05, 0.1) is 0 Å². The van der Waals surface area contributed by atoms with Crippen LogP contribution in [0.3, 0.4) is 0 Å². The minimum absolute atomic E-state index is 0.918. The lowest BCUT2D eigenvalue weighted by molar-refractivity contribution is 0.668. The molecule has 0 fully saturated rings. The first-order chi connectivity index (χ1) is 59.0. The molecule has 0 saturated heterocycles. The quantitative estimate of drug-likeness (QED) is 0.142. The summed E-state index contributed by atoms with van der Waals surface area (Å²) in [7, 11) is 0. The van der Waals surface area contributed by atoms with Crippen molar-refractivity contribution < 1.29 is 13.3 Å². The van der Waals surface area contributed by atoms with Crippen molar-refractivity contribution in [1.29, 1.82) is 0 Å². The maximum absolute atomic E-state index is 6.16. The van der Waals surface area contributed by atoms with E-state index < -0.39 is 0 Å². The van der Waals surface area contributed by atoms with Gasteiger partial charge in [-0.1, -0.05) is 364 Å². The summed E-state index contributed by atoms with van der Waals surface area (Å²) in [6.07, 6.45) is 0. The molecule has 0 saturated carbocycles. The summed E-state index contributed by atoms with van der Waals surface area (Å²) in [6, 6.07) is 157. The van der Waals surface area contributed by atoms with E-state index in [1.165, 1.54) is 175 Å². The van der Waals surface area contributed by atoms with Gasteiger partial charge in [0.15, 0.2) is 0 Å². The molecule has 3 aromatic heterocycles. The molecule has 0 unspecified atom stereocenters. The van der Waals surface area contributed by atoms with Crippen LogP contribution in [-0.2, 0) is 0 Å². The van der Waals surface area contributed by atoms with Gasteiger partial charge in [-0.15, -0.1) is 0 Å². The van der Waals surface area contributed by atoms with E-state index in [0.29, 0.717) is 0 Å². The molecule has 0 atom stereocenters. The highest BCUT2D eigenvalue weighted by Crippen LogP contribution is 2.50. The summed E-state index contributed by atoms with van der Waals surface area (Å²) in [6.45, 7) is 0. The lowest BCUT2D eigenvalue weighted by Gasteiger charge is -2.18. The Labute approximate surface area is 686 Å². The fraction of sp³-hybridized carbons (Fsp3) is 0. The van der Waals surface area contributed by atoms with Gasteiger partial charge in [0.1, 0.15) is 33.5 Å². The standard InChI is InChI=1S/C42H26O.C38H24O.C36H22O/c1-2-10-30-25-31(22-19-27(30)9-1)28-17-20-29(21-18-28)41-34-12-3-5-14-36(34)42(37-15-6-4-13-35(37)41)32-23-24-40-38(26-32)33-11-7-8-16-39(33)43-40;1-2-11-25(12-3-1)26-13-10-14-27(23-26)37-30-16-4-6-18-32(30)38(33-19-7-5-17-31(33)37)28-21-22-36-34(24-28)29-15-8-9-20-35(29)39-36;1-2-10-24-21-25(18-17-23(24)9-1)35-28-12-3-5-14-30(28)36(31-15-6-4-13-29(31)35)26-19-20-34-32(22-26)27-11-7-8-16-33(27)37-34/h1-26H;1-24H;1-22H. The highest BCUT2D eigenvalue weighted by atomic mass is 16.3. The summed E-state index contributed by atoms with van der Waals surface area (Å²) >= 11 is 0. The Morgan fingerprint density at radius 1 is 0.101 bits per heavy atom. The van der Waals surface area contributed by atoms with Crippen molar-refractivity contribution in [3.63, 3.8) is 0 Å². The van der Waals surface area contributed by atoms with Crippen molar-refractivity contribution in [3.8, 4) is 89.0 Å². The molecule has 119 heavy (non-hydrogen) atoms. The molecule has 25 aromatic rings. The first-order valence-corrected chi connectivity index (χ1v) is 40.8. The molecule has 0 aliphatic rings. The van der Waals surface area contributed by atoms with Gasteiger partial charge >= 0.3 is 0 Å². The van der Waals surface area contributed by atoms with Gasteiger partial charge in [-0.25, -0.2) is 0 Å². The van der Waals surface area contributed by atoms with Crippen molar-refractivity contribution >= 4 is 152 Å². The lowest BCUT2D eigenvalue weighted by Crippen LogP contribution is -1.91. The Morgan fingerprint density at radius 3 is 0.672 bits per heavy atom. The Kier molecular flexibility index (Phi) is 16.6. The summed E-state index contributed by atoms with van der Waals surface area (Å²) in [5, 5.41) is 27.0. The molecular weight excluding hydrogens is 1440 g/mol. The maximum atomic E-state index is 6.16. The third-order valence-electron chi connectivity index (χ3n) is 24.3. The highest BCUT2D eigenvalue weighted by molar-refractivity contribution is 6.26. The second-order valence-electron chi connectivity index (χ2n) is 31.1. The molecule has 0 aliphatic heterocycles. The van der Waals surface area contributed by atoms with Gasteiger partial charge < -0.3 is 13.3 Å². The number of benzene rings is 22. The van der Waals surface area contributed by atoms with E-state index in [1.54, 1.807) is 0 Å². The molecule has 0 bridgehead atoms. The number of rotatable bonds is 8. The first kappa shape index (κ1) is 68.9. The molecule has 0 aliphatic carbocycles. The van der Waals surface area contributed by atoms with E-state index in [-0.39, 0.29) is 0 Å². The molecule has 0 N–H and O–H groups in total. The highest BCUT2D eigenvalue weighted by Gasteiger charge is 2.23. The average molecular weight is 1510 g/mol. The molecule has 0 radical (unpaired) electrons. The van der Waals surface area contributed by atoms with Gasteiger partial charge in [0, 0.05) is 32.3 Å². The SMILES string of the molecule is c1ccc(-c2cccc(-c3c4ccccc4c(-c4ccc5oc6ccccc6c5c4)c4ccccc34)c2)cc1.c1ccc2cc(-c3c4ccccc4c(-c4ccc5oc6ccccc6c5c4)c4ccccc34)ccc2c1.c1ccc2cc(-c3ccc(-c4c5ccccc5c(-c5ccc6oc7ccccc7c6c5)c5ccccc45)cc3)ccc2c1. The van der Waals surface area contributed by atoms with E-state index in [4.69, 9.17) is 13.3 Å². The molecule has 3 nitrogen and oxygen atoms in total. The van der Waals surface area contributed by atoms with E-state index in [1.807, 2.05) is 36.4 Å². The summed E-state index contributed by atoms with van der Waals surface area (Å²) in [5.74, 6) is 0. The van der Waals surface area contributed by atoms with Gasteiger partial charge in [-0.3, -0.25) is 0 Å². The van der Waals surface area contributed by atoms with Crippen LogP contribution in [0, 0.1) is 0 Å². The Bertz CT molecular complexity index is 8190. The van der Waals surface area contributed by atoms with Crippen LogP contribution >= 0.6 is 0 Å². The summed E-state index contributed by atoms with van der Waals surface area (Å²) in [5.41, 5.74) is 25.4. The van der Waals surface area contributed by atoms with Crippen LogP contribution in [0.2, 0.25) is 0 Å². The maximum Gasteiger partial charge on any atom is 0.135 e. The predicted octanol–water partition coefficient (Wildman–Crippen LogP) is 33.3. The van der Waals surface area contributed by atoms with Crippen LogP contribution in [0.1, 0.15) is 0 Å². The molecule has 0 spiro atoms. The Morgan fingerprint density at radius 2 is 0.311 bits per heavy atom. The monoisotopic (exact) mass is 1510 g/mol. The van der Waals surface area contributed by atoms with Crippen molar-refractivity contribution in [2.75, 3.05) is 0 Å². The third kappa shape index (κ3) is 11.9. The van der Waals surface area contributed by atoms with Gasteiger partial charge in [0.25, 0.3) is 0 Å². The van der Waals surface area contributed by atoms with Crippen LogP contribution in [-0.4, -0.2) is 0 Å². The summed E-state index contributed by atoms with van der Waals surface area (Å²) in [4.78, 5) is 0. The van der Waals surface area contributed by atoms with Crippen molar-refractivity contribution in [3.05, 3.63) is 437 Å². The number of para-hydroxylation sites is 3. The van der Waals surface area contributed by atoms with Crippen LogP contribution in [0.4, 0.5) is 0 Å². The van der Waals surface area contributed by atoms with Crippen LogP contribution in [0.5, 0.6) is 0 Å². The Balaban J connectivity index is 0.000000105. The summed E-state index contributed by atoms with van der Waals surface area (Å²) < 4.78 is 18.4. The fourth-order valence-electron chi connectivity index (χ4n) is 18.9. The van der Waals surface area contributed by atoms with E-state index in [9.17, 15) is 0 Å². The second kappa shape index (κ2) is 28.7. The van der Waals surface area contributed by atoms with E-state index >= 15 is 0 Å². The van der Waals surface area contributed by atoms with Crippen LogP contribution in [0.15, 0.2) is 450 Å². The average Bonchev–Trinajstić information content (AvgIpc) is 1.22. The van der Waals surface area contributed by atoms with Crippen molar-refractivity contribution in [1.82, 2.24) is 0 Å². The minimum Gasteiger partial charge on any atom is -0.456 e. The first-order valence-electron chi connectivity index (χ1n) is 40.8. The topological polar surface area (TPSA) is 39.4 Å². The number of furan rings is 3. The lowest BCUT2D eigenvalue weighted by atomic mass is 9.85. The minimum atomic E-state index is 0.918. The molecule has 3 heterocycles. The van der Waals surface area contributed by atoms with Crippen LogP contribution in [0.25, 0.3) is 241 Å². The number of hydrogen-bond donors (Lipinski definition) is 0. The van der Waals surface area contributed by atoms with Gasteiger partial charge in [-0.2, -0.15) is 0 Å². The molecule has 22 aromatic carbocycles. The second-order valence-corrected chi connectivity index (χ2v) is 31.1. The number of hydrogen-bond acceptors (Lipinski definition) is 3. The zero-order valence-electron chi connectivity index (χ0n) is 64.8. The number of fused-ring (bicyclic) bond motifs is 17. The largest absolute Gasteiger partial charge is 0.456 e. The van der Waals surface area contributed by atoms with E-state index in [0.717, 1.165) is 65.8 Å². The third-order valence-corrected chi connectivity index (χ3v) is 24.3. The van der Waals surface area contributed by atoms with Gasteiger partial charge in [0.2, 0.25) is 0 Å². The molecule has 0 amide bonds. The zero-order chi connectivity index (χ0) is 78.4. The predicted molar refractivity (Wildman–Crippen MR) is 505 cm³/mol. The molecule has 25 rings (SSSR count). The molecule has 554 valence electrons. The molecule has 3 heteroatoms. The smallest absolute Gasteiger partial charge is 0.135 e. The zero-order valence-corrected chi connectivity index (χ0v) is 64.8. The van der Waals surface area contributed by atoms with E-state index in [2.05, 4.69) is 400 Å².